The molecule has 0 spiro atoms. The molecule has 11 rings (SSSR count). The predicted molar refractivity (Wildman–Crippen MR) is 246 cm³/mol. The van der Waals surface area contributed by atoms with Crippen molar-refractivity contribution in [2.45, 2.75) is 0 Å². The molecule has 0 bridgehead atoms. The molecule has 5 heterocycles. The number of pyridine rings is 3. The van der Waals surface area contributed by atoms with Gasteiger partial charge in [-0.15, -0.1) is 0 Å². The van der Waals surface area contributed by atoms with Crippen molar-refractivity contribution in [2.24, 2.45) is 0 Å². The van der Waals surface area contributed by atoms with Crippen molar-refractivity contribution < 1.29 is 0 Å². The van der Waals surface area contributed by atoms with Crippen LogP contribution in [0.2, 0.25) is 0 Å². The molecule has 0 amide bonds. The standard InChI is InChI=1S/C54H35N7/c1-3-13-38(14-4-1)52-58-53(39-25-21-36(22-26-39)41-29-30-51-45(33-41)44-17-7-8-20-50(44)61(51)43-15-5-2-6-16-43)60-54(59-52)40-27-23-37(24-28-40)42-34-48(46-18-9-11-31-55-46)57-49(35-42)47-19-10-12-32-56-47/h1-35H. The maximum atomic E-state index is 5.07. The molecule has 0 saturated heterocycles. The average Bonchev–Trinajstić information content (AvgIpc) is 3.68. The second-order valence-electron chi connectivity index (χ2n) is 14.8. The van der Waals surface area contributed by atoms with Crippen LogP contribution in [0, 0.1) is 0 Å². The molecule has 7 heteroatoms. The van der Waals surface area contributed by atoms with E-state index in [4.69, 9.17) is 19.9 Å². The van der Waals surface area contributed by atoms with Gasteiger partial charge in [-0.05, 0) is 89.0 Å². The zero-order valence-electron chi connectivity index (χ0n) is 32.8. The fourth-order valence-corrected chi connectivity index (χ4v) is 7.97. The van der Waals surface area contributed by atoms with Crippen molar-refractivity contribution in [1.82, 2.24) is 34.5 Å². The van der Waals surface area contributed by atoms with Crippen LogP contribution in [0.3, 0.4) is 0 Å². The third-order valence-electron chi connectivity index (χ3n) is 11.0. The van der Waals surface area contributed by atoms with Gasteiger partial charge in [0.1, 0.15) is 0 Å². The van der Waals surface area contributed by atoms with Crippen LogP contribution < -0.4 is 0 Å². The lowest BCUT2D eigenvalue weighted by molar-refractivity contribution is 1.07. The van der Waals surface area contributed by atoms with Crippen LogP contribution in [0.1, 0.15) is 0 Å². The molecular weight excluding hydrogens is 747 g/mol. The summed E-state index contributed by atoms with van der Waals surface area (Å²) < 4.78 is 2.34. The Bertz CT molecular complexity index is 3260. The Morgan fingerprint density at radius 2 is 0.738 bits per heavy atom. The minimum absolute atomic E-state index is 0.595. The third-order valence-corrected chi connectivity index (χ3v) is 11.0. The summed E-state index contributed by atoms with van der Waals surface area (Å²) in [5, 5.41) is 2.44. The summed E-state index contributed by atoms with van der Waals surface area (Å²) in [5.41, 5.74) is 13.7. The number of aromatic nitrogens is 7. The van der Waals surface area contributed by atoms with Crippen LogP contribution in [0.4, 0.5) is 0 Å². The normalized spacial score (nSPS) is 11.3. The van der Waals surface area contributed by atoms with Gasteiger partial charge in [0.2, 0.25) is 0 Å². The van der Waals surface area contributed by atoms with E-state index in [1.54, 1.807) is 12.4 Å². The molecule has 0 aliphatic carbocycles. The van der Waals surface area contributed by atoms with Gasteiger partial charge >= 0.3 is 0 Å². The topological polar surface area (TPSA) is 82.3 Å². The van der Waals surface area contributed by atoms with E-state index in [9.17, 15) is 0 Å². The molecular formula is C54H35N7. The molecule has 11 aromatic rings. The van der Waals surface area contributed by atoms with E-state index >= 15 is 0 Å². The minimum Gasteiger partial charge on any atom is -0.309 e. The van der Waals surface area contributed by atoms with Gasteiger partial charge in [-0.2, -0.15) is 0 Å². The first-order valence-electron chi connectivity index (χ1n) is 20.2. The van der Waals surface area contributed by atoms with E-state index < -0.39 is 0 Å². The van der Waals surface area contributed by atoms with Gasteiger partial charge < -0.3 is 4.57 Å². The maximum Gasteiger partial charge on any atom is 0.164 e. The lowest BCUT2D eigenvalue weighted by atomic mass is 10.0. The molecule has 0 aliphatic rings. The van der Waals surface area contributed by atoms with Crippen LogP contribution >= 0.6 is 0 Å². The fourth-order valence-electron chi connectivity index (χ4n) is 7.97. The number of rotatable bonds is 8. The highest BCUT2D eigenvalue weighted by Gasteiger charge is 2.16. The lowest BCUT2D eigenvalue weighted by Crippen LogP contribution is -2.00. The monoisotopic (exact) mass is 781 g/mol. The van der Waals surface area contributed by atoms with Gasteiger partial charge in [-0.25, -0.2) is 19.9 Å². The minimum atomic E-state index is 0.595. The summed E-state index contributed by atoms with van der Waals surface area (Å²) in [6.07, 6.45) is 3.57. The Hall–Kier alpha value is -8.42. The fraction of sp³-hybridized carbons (Fsp3) is 0. The molecule has 6 aromatic carbocycles. The summed E-state index contributed by atoms with van der Waals surface area (Å²) >= 11 is 0. The van der Waals surface area contributed by atoms with E-state index in [-0.39, 0.29) is 0 Å². The molecule has 0 saturated carbocycles. The molecule has 0 aliphatic heterocycles. The first kappa shape index (κ1) is 35.7. The van der Waals surface area contributed by atoms with Gasteiger partial charge in [0.25, 0.3) is 0 Å². The summed E-state index contributed by atoms with van der Waals surface area (Å²) in [6, 6.07) is 68.7. The first-order valence-corrected chi connectivity index (χ1v) is 20.2. The summed E-state index contributed by atoms with van der Waals surface area (Å²) in [7, 11) is 0. The number of nitrogens with zero attached hydrogens (tertiary/aromatic N) is 7. The molecule has 61 heavy (non-hydrogen) atoms. The molecule has 0 fully saturated rings. The molecule has 7 nitrogen and oxygen atoms in total. The summed E-state index contributed by atoms with van der Waals surface area (Å²) in [5.74, 6) is 1.82. The number of hydrogen-bond donors (Lipinski definition) is 0. The first-order chi connectivity index (χ1) is 30.2. The summed E-state index contributed by atoms with van der Waals surface area (Å²) in [6.45, 7) is 0. The van der Waals surface area contributed by atoms with Crippen molar-refractivity contribution in [2.75, 3.05) is 0 Å². The largest absolute Gasteiger partial charge is 0.309 e. The van der Waals surface area contributed by atoms with Gasteiger partial charge in [0.05, 0.1) is 33.8 Å². The Morgan fingerprint density at radius 3 is 1.31 bits per heavy atom. The Labute approximate surface area is 352 Å². The highest BCUT2D eigenvalue weighted by atomic mass is 15.0. The number of benzene rings is 6. The SMILES string of the molecule is c1ccc(-c2nc(-c3ccc(-c4cc(-c5ccccn5)nc(-c5ccccn5)c4)cc3)nc(-c3ccc(-c4ccc5c(c4)c4ccccc4n5-c4ccccc4)cc3)n2)cc1. The maximum absolute atomic E-state index is 5.07. The van der Waals surface area contributed by atoms with E-state index in [1.165, 1.54) is 21.8 Å². The second-order valence-corrected chi connectivity index (χ2v) is 14.8. The Kier molecular flexibility index (Phi) is 9.02. The van der Waals surface area contributed by atoms with E-state index in [2.05, 4.69) is 148 Å². The quantitative estimate of drug-likeness (QED) is 0.153. The van der Waals surface area contributed by atoms with Gasteiger partial charge in [0, 0.05) is 45.5 Å². The van der Waals surface area contributed by atoms with E-state index in [0.29, 0.717) is 17.5 Å². The Balaban J connectivity index is 0.950. The lowest BCUT2D eigenvalue weighted by Gasteiger charge is -2.11. The molecule has 286 valence electrons. The van der Waals surface area contributed by atoms with Crippen LogP contribution in [-0.2, 0) is 0 Å². The van der Waals surface area contributed by atoms with Gasteiger partial charge in [-0.1, -0.05) is 133 Å². The summed E-state index contributed by atoms with van der Waals surface area (Å²) in [4.78, 5) is 29.2. The number of hydrogen-bond acceptors (Lipinski definition) is 6. The van der Waals surface area contributed by atoms with Crippen LogP contribution in [-0.4, -0.2) is 34.5 Å². The number of fused-ring (bicyclic) bond motifs is 3. The molecule has 0 N–H and O–H groups in total. The van der Waals surface area contributed by atoms with Gasteiger partial charge in [-0.3, -0.25) is 9.97 Å². The van der Waals surface area contributed by atoms with Crippen LogP contribution in [0.15, 0.2) is 213 Å². The molecule has 5 aromatic heterocycles. The van der Waals surface area contributed by atoms with Crippen molar-refractivity contribution in [3.63, 3.8) is 0 Å². The second kappa shape index (κ2) is 15.4. The highest BCUT2D eigenvalue weighted by Crippen LogP contribution is 2.36. The van der Waals surface area contributed by atoms with Crippen molar-refractivity contribution in [1.29, 1.82) is 0 Å². The zero-order chi connectivity index (χ0) is 40.5. The van der Waals surface area contributed by atoms with Crippen LogP contribution in [0.5, 0.6) is 0 Å². The average molecular weight is 782 g/mol. The van der Waals surface area contributed by atoms with Crippen molar-refractivity contribution >= 4 is 21.8 Å². The zero-order valence-corrected chi connectivity index (χ0v) is 32.8. The smallest absolute Gasteiger partial charge is 0.164 e. The molecule has 0 unspecified atom stereocenters. The van der Waals surface area contributed by atoms with Crippen LogP contribution in [0.25, 0.3) is 107 Å². The number of para-hydroxylation sites is 2. The third kappa shape index (κ3) is 6.90. The Morgan fingerprint density at radius 1 is 0.279 bits per heavy atom. The predicted octanol–water partition coefficient (Wildman–Crippen LogP) is 12.8. The molecule has 0 radical (unpaired) electrons. The van der Waals surface area contributed by atoms with Crippen molar-refractivity contribution in [3.05, 3.63) is 213 Å². The highest BCUT2D eigenvalue weighted by molar-refractivity contribution is 6.10. The van der Waals surface area contributed by atoms with Crippen molar-refractivity contribution in [3.8, 4) is 84.9 Å². The van der Waals surface area contributed by atoms with E-state index in [0.717, 1.165) is 67.4 Å². The van der Waals surface area contributed by atoms with E-state index in [1.807, 2.05) is 66.7 Å². The van der Waals surface area contributed by atoms with Gasteiger partial charge in [0.15, 0.2) is 17.5 Å². The molecule has 0 atom stereocenters.